The van der Waals surface area contributed by atoms with Crippen LogP contribution >= 0.6 is 0 Å². The van der Waals surface area contributed by atoms with E-state index in [1.807, 2.05) is 7.05 Å². The van der Waals surface area contributed by atoms with Gasteiger partial charge in [0.15, 0.2) is 5.71 Å². The molecule has 1 aliphatic rings. The number of quaternary nitrogens is 1. The van der Waals surface area contributed by atoms with Gasteiger partial charge in [0.1, 0.15) is 18.8 Å². The van der Waals surface area contributed by atoms with Crippen molar-refractivity contribution in [3.05, 3.63) is 54.1 Å². The number of allylic oxidation sites excluding steroid dienone is 2. The maximum absolute atomic E-state index is 3.12. The van der Waals surface area contributed by atoms with Gasteiger partial charge in [-0.05, 0) is 31.2 Å². The van der Waals surface area contributed by atoms with Gasteiger partial charge in [0, 0.05) is 12.2 Å². The Labute approximate surface area is 96.4 Å². The Hall–Kier alpha value is -1.67. The molecule has 3 N–H and O–H groups in total. The number of hydrogen-bond donors (Lipinski definition) is 2. The Kier molecular flexibility index (Phi) is 3.32. The van der Waals surface area contributed by atoms with Gasteiger partial charge in [-0.25, -0.2) is 4.99 Å². The summed E-state index contributed by atoms with van der Waals surface area (Å²) in [6.07, 6.45) is 8.64. The van der Waals surface area contributed by atoms with E-state index in [9.17, 15) is 0 Å². The maximum atomic E-state index is 3.12. The second-order valence-electron chi connectivity index (χ2n) is 4.08. The first-order valence-electron chi connectivity index (χ1n) is 5.60. The normalized spacial score (nSPS) is 18.9. The van der Waals surface area contributed by atoms with Crippen LogP contribution in [0.3, 0.4) is 0 Å². The highest BCUT2D eigenvalue weighted by molar-refractivity contribution is 6.00. The number of nitrogens with one attached hydrogen (secondary N) is 1. The van der Waals surface area contributed by atoms with E-state index in [-0.39, 0.29) is 0 Å². The van der Waals surface area contributed by atoms with Gasteiger partial charge in [-0.2, -0.15) is 0 Å². The summed E-state index contributed by atoms with van der Waals surface area (Å²) in [4.78, 5) is 3.12. The summed E-state index contributed by atoms with van der Waals surface area (Å²) in [7, 11) is 1.94. The lowest BCUT2D eigenvalue weighted by Gasteiger charge is -2.09. The van der Waals surface area contributed by atoms with Crippen LogP contribution in [0.2, 0.25) is 0 Å². The topological polar surface area (TPSA) is 30.6 Å². The molecule has 1 aliphatic carbocycles. The van der Waals surface area contributed by atoms with Gasteiger partial charge in [0.25, 0.3) is 0 Å². The van der Waals surface area contributed by atoms with Crippen molar-refractivity contribution in [3.8, 4) is 0 Å². The molecule has 82 valence electrons. The zero-order chi connectivity index (χ0) is 11.4. The largest absolute Gasteiger partial charge is 0.305 e. The predicted octanol–water partition coefficient (Wildman–Crippen LogP) is -0.164. The molecule has 0 spiro atoms. The van der Waals surface area contributed by atoms with Crippen molar-refractivity contribution < 1.29 is 10.3 Å². The molecular formula is C14H18N2+2. The van der Waals surface area contributed by atoms with E-state index in [0.717, 1.165) is 5.71 Å². The van der Waals surface area contributed by atoms with Gasteiger partial charge in [-0.3, -0.25) is 0 Å². The van der Waals surface area contributed by atoms with E-state index in [0.29, 0.717) is 6.04 Å². The van der Waals surface area contributed by atoms with Gasteiger partial charge in [-0.1, -0.05) is 17.7 Å². The molecule has 2 heteroatoms. The molecule has 0 amide bonds. The zero-order valence-corrected chi connectivity index (χ0v) is 9.77. The fourth-order valence-electron chi connectivity index (χ4n) is 1.73. The minimum atomic E-state index is 0.403. The number of hydrogen-bond acceptors (Lipinski definition) is 0. The Morgan fingerprint density at radius 2 is 1.69 bits per heavy atom. The molecule has 0 saturated carbocycles. The molecule has 0 fully saturated rings. The molecule has 0 unspecified atom stereocenters. The molecule has 0 atom stereocenters. The summed E-state index contributed by atoms with van der Waals surface area (Å²) in [5.41, 5.74) is 3.74. The average molecular weight is 214 g/mol. The van der Waals surface area contributed by atoms with Gasteiger partial charge < -0.3 is 5.32 Å². The highest BCUT2D eigenvalue weighted by Gasteiger charge is 2.10. The van der Waals surface area contributed by atoms with Crippen LogP contribution in [0.1, 0.15) is 5.56 Å². The lowest BCUT2D eigenvalue weighted by molar-refractivity contribution is -0.587. The van der Waals surface area contributed by atoms with Crippen LogP contribution in [-0.4, -0.2) is 18.8 Å². The summed E-state index contributed by atoms with van der Waals surface area (Å²) in [6.45, 7) is 2.11. The van der Waals surface area contributed by atoms with E-state index in [1.165, 1.54) is 11.3 Å². The molecule has 0 bridgehead atoms. The van der Waals surface area contributed by atoms with Gasteiger partial charge in [0.2, 0.25) is 0 Å². The van der Waals surface area contributed by atoms with Crippen LogP contribution in [0.15, 0.2) is 48.6 Å². The Balaban J connectivity index is 2.02. The van der Waals surface area contributed by atoms with E-state index in [1.54, 1.807) is 0 Å². The standard InChI is InChI=1S/C14H16N2/c1-11-3-5-13(6-4-11)16-14-9-7-12(15-2)8-10-14/h3-10,14,16H,1-2H3/p+2. The third kappa shape index (κ3) is 2.67. The summed E-state index contributed by atoms with van der Waals surface area (Å²) < 4.78 is 0. The lowest BCUT2D eigenvalue weighted by Crippen LogP contribution is -2.83. The third-order valence-electron chi connectivity index (χ3n) is 2.75. The average Bonchev–Trinajstić information content (AvgIpc) is 2.33. The van der Waals surface area contributed by atoms with Crippen molar-refractivity contribution in [2.75, 3.05) is 7.05 Å². The molecule has 16 heavy (non-hydrogen) atoms. The van der Waals surface area contributed by atoms with Crippen molar-refractivity contribution in [1.82, 2.24) is 0 Å². The van der Waals surface area contributed by atoms with Crippen molar-refractivity contribution in [2.45, 2.75) is 13.0 Å². The molecule has 0 aromatic heterocycles. The number of benzene rings is 1. The summed E-state index contributed by atoms with van der Waals surface area (Å²) in [5, 5.41) is 2.26. The fraction of sp³-hybridized carbons (Fsp3) is 0.214. The van der Waals surface area contributed by atoms with Gasteiger partial charge >= 0.3 is 0 Å². The van der Waals surface area contributed by atoms with E-state index >= 15 is 0 Å². The van der Waals surface area contributed by atoms with Crippen LogP contribution in [0.25, 0.3) is 0 Å². The Morgan fingerprint density at radius 1 is 1.06 bits per heavy atom. The molecule has 0 saturated heterocycles. The molecular weight excluding hydrogens is 196 g/mol. The van der Waals surface area contributed by atoms with Crippen LogP contribution in [0.5, 0.6) is 0 Å². The first-order valence-corrected chi connectivity index (χ1v) is 5.60. The molecule has 1 aromatic carbocycles. The van der Waals surface area contributed by atoms with Crippen LogP contribution in [0, 0.1) is 6.92 Å². The molecule has 2 nitrogen and oxygen atoms in total. The maximum Gasteiger partial charge on any atom is 0.197 e. The summed E-state index contributed by atoms with van der Waals surface area (Å²) >= 11 is 0. The number of aryl methyl sites for hydroxylation is 1. The van der Waals surface area contributed by atoms with Gasteiger partial charge in [0.05, 0.1) is 0 Å². The van der Waals surface area contributed by atoms with Crippen molar-refractivity contribution in [1.29, 1.82) is 0 Å². The highest BCUT2D eigenvalue weighted by Crippen LogP contribution is 2.04. The van der Waals surface area contributed by atoms with Crippen molar-refractivity contribution in [2.24, 2.45) is 0 Å². The lowest BCUT2D eigenvalue weighted by atomic mass is 10.1. The summed E-state index contributed by atoms with van der Waals surface area (Å²) in [6, 6.07) is 9.02. The van der Waals surface area contributed by atoms with Crippen LogP contribution < -0.4 is 10.3 Å². The SMILES string of the molecule is C[NH+]=C1C=CC([NH2+]c2ccc(C)cc2)C=C1. The highest BCUT2D eigenvalue weighted by atomic mass is 14.9. The minimum Gasteiger partial charge on any atom is -0.305 e. The fourth-order valence-corrected chi connectivity index (χ4v) is 1.73. The number of nitrogens with two attached hydrogens (primary N) is 1. The van der Waals surface area contributed by atoms with E-state index < -0.39 is 0 Å². The Bertz CT molecular complexity index is 422. The quantitative estimate of drug-likeness (QED) is 0.641. The minimum absolute atomic E-state index is 0.403. The third-order valence-corrected chi connectivity index (χ3v) is 2.75. The molecule has 0 heterocycles. The first kappa shape index (κ1) is 10.8. The Morgan fingerprint density at radius 3 is 2.25 bits per heavy atom. The number of rotatable bonds is 2. The van der Waals surface area contributed by atoms with E-state index in [2.05, 4.69) is 65.8 Å². The second kappa shape index (κ2) is 4.90. The summed E-state index contributed by atoms with van der Waals surface area (Å²) in [5.74, 6) is 0. The molecule has 0 radical (unpaired) electrons. The smallest absolute Gasteiger partial charge is 0.197 e. The first-order chi connectivity index (χ1) is 7.78. The monoisotopic (exact) mass is 214 g/mol. The van der Waals surface area contributed by atoms with Crippen molar-refractivity contribution in [3.63, 3.8) is 0 Å². The predicted molar refractivity (Wildman–Crippen MR) is 66.7 cm³/mol. The molecule has 1 aromatic rings. The molecule has 2 rings (SSSR count). The zero-order valence-electron chi connectivity index (χ0n) is 9.77. The van der Waals surface area contributed by atoms with Crippen LogP contribution in [0.4, 0.5) is 5.69 Å². The second-order valence-corrected chi connectivity index (χ2v) is 4.08. The van der Waals surface area contributed by atoms with E-state index in [4.69, 9.17) is 0 Å². The van der Waals surface area contributed by atoms with Crippen molar-refractivity contribution >= 4 is 11.4 Å². The molecule has 0 aliphatic heterocycles. The van der Waals surface area contributed by atoms with Gasteiger partial charge in [-0.15, -0.1) is 0 Å². The van der Waals surface area contributed by atoms with Crippen LogP contribution in [-0.2, 0) is 0 Å².